The van der Waals surface area contributed by atoms with Crippen LogP contribution in [0.4, 0.5) is 4.39 Å². The summed E-state index contributed by atoms with van der Waals surface area (Å²) in [6.45, 7) is 0.206. The van der Waals surface area contributed by atoms with E-state index in [4.69, 9.17) is 4.74 Å². The van der Waals surface area contributed by atoms with Gasteiger partial charge < -0.3 is 9.84 Å². The first-order valence-electron chi connectivity index (χ1n) is 8.26. The molecule has 2 aromatic carbocycles. The molecular weight excluding hydrogens is 291 g/mol. The summed E-state index contributed by atoms with van der Waals surface area (Å²) in [6, 6.07) is 13.2. The Morgan fingerprint density at radius 2 is 1.96 bits per heavy atom. The van der Waals surface area contributed by atoms with Crippen molar-refractivity contribution in [2.45, 2.75) is 37.5 Å². The predicted molar refractivity (Wildman–Crippen MR) is 89.5 cm³/mol. The number of rotatable bonds is 5. The maximum Gasteiger partial charge on any atom is 0.123 e. The maximum atomic E-state index is 13.2. The summed E-state index contributed by atoms with van der Waals surface area (Å²) in [5.74, 6) is 1.44. The Hall–Kier alpha value is -1.87. The van der Waals surface area contributed by atoms with Crippen LogP contribution < -0.4 is 4.74 Å². The Morgan fingerprint density at radius 3 is 2.65 bits per heavy atom. The summed E-state index contributed by atoms with van der Waals surface area (Å²) in [5.41, 5.74) is 3.88. The van der Waals surface area contributed by atoms with Crippen LogP contribution in [0.3, 0.4) is 0 Å². The lowest BCUT2D eigenvalue weighted by Crippen LogP contribution is -2.20. The molecule has 0 radical (unpaired) electrons. The van der Waals surface area contributed by atoms with Gasteiger partial charge in [0.25, 0.3) is 0 Å². The molecular formula is C20H23FO2. The lowest BCUT2D eigenvalue weighted by Gasteiger charge is -2.34. The molecule has 2 nitrogen and oxygen atoms in total. The van der Waals surface area contributed by atoms with Crippen molar-refractivity contribution in [3.8, 4) is 5.75 Å². The highest BCUT2D eigenvalue weighted by molar-refractivity contribution is 5.42. The molecule has 0 amide bonds. The SMILES string of the molecule is COc1ccc2c(c1)CC[C@@H](c1ccc(F)cc1)C2CCCO. The number of benzene rings is 2. The Kier molecular flexibility index (Phi) is 4.97. The fourth-order valence-electron chi connectivity index (χ4n) is 3.79. The normalized spacial score (nSPS) is 20.1. The first-order valence-corrected chi connectivity index (χ1v) is 8.26. The van der Waals surface area contributed by atoms with E-state index in [1.54, 1.807) is 19.2 Å². The molecule has 3 rings (SSSR count). The Balaban J connectivity index is 1.95. The highest BCUT2D eigenvalue weighted by Gasteiger charge is 2.30. The minimum atomic E-state index is -0.193. The smallest absolute Gasteiger partial charge is 0.123 e. The van der Waals surface area contributed by atoms with Crippen molar-refractivity contribution < 1.29 is 14.2 Å². The summed E-state index contributed by atoms with van der Waals surface area (Å²) >= 11 is 0. The quantitative estimate of drug-likeness (QED) is 0.885. The molecule has 122 valence electrons. The van der Waals surface area contributed by atoms with Gasteiger partial charge >= 0.3 is 0 Å². The molecule has 2 aromatic rings. The van der Waals surface area contributed by atoms with Gasteiger partial charge in [0.05, 0.1) is 7.11 Å². The molecule has 0 spiro atoms. The van der Waals surface area contributed by atoms with Crippen LogP contribution in [0.2, 0.25) is 0 Å². The largest absolute Gasteiger partial charge is 0.497 e. The second-order valence-electron chi connectivity index (χ2n) is 6.23. The van der Waals surface area contributed by atoms with E-state index < -0.39 is 0 Å². The minimum Gasteiger partial charge on any atom is -0.497 e. The fraction of sp³-hybridized carbons (Fsp3) is 0.400. The van der Waals surface area contributed by atoms with Gasteiger partial charge in [-0.05, 0) is 78.5 Å². The monoisotopic (exact) mass is 314 g/mol. The van der Waals surface area contributed by atoms with Crippen LogP contribution in [0.5, 0.6) is 5.75 Å². The van der Waals surface area contributed by atoms with Crippen LogP contribution in [0.15, 0.2) is 42.5 Å². The first-order chi connectivity index (χ1) is 11.2. The molecule has 0 heterocycles. The van der Waals surface area contributed by atoms with Crippen LogP contribution in [-0.2, 0) is 6.42 Å². The van der Waals surface area contributed by atoms with Crippen molar-refractivity contribution in [2.75, 3.05) is 13.7 Å². The number of aliphatic hydroxyl groups is 1. The molecule has 23 heavy (non-hydrogen) atoms. The summed E-state index contributed by atoms with van der Waals surface area (Å²) in [5, 5.41) is 9.25. The number of ether oxygens (including phenoxy) is 1. The molecule has 3 heteroatoms. The second kappa shape index (κ2) is 7.14. The maximum absolute atomic E-state index is 13.2. The Morgan fingerprint density at radius 1 is 1.17 bits per heavy atom. The number of hydrogen-bond donors (Lipinski definition) is 1. The van der Waals surface area contributed by atoms with E-state index in [1.807, 2.05) is 18.2 Å². The third-order valence-corrected chi connectivity index (χ3v) is 4.93. The molecule has 1 aliphatic carbocycles. The Bertz CT molecular complexity index is 651. The number of methoxy groups -OCH3 is 1. The van der Waals surface area contributed by atoms with Crippen LogP contribution in [0, 0.1) is 5.82 Å². The van der Waals surface area contributed by atoms with Crippen molar-refractivity contribution in [1.29, 1.82) is 0 Å². The number of aliphatic hydroxyl groups excluding tert-OH is 1. The molecule has 0 fully saturated rings. The zero-order chi connectivity index (χ0) is 16.2. The molecule has 1 aliphatic rings. The number of halogens is 1. The van der Waals surface area contributed by atoms with E-state index in [9.17, 15) is 9.50 Å². The van der Waals surface area contributed by atoms with Gasteiger partial charge in [-0.3, -0.25) is 0 Å². The first kappa shape index (κ1) is 16.0. The van der Waals surface area contributed by atoms with Gasteiger partial charge in [0.1, 0.15) is 11.6 Å². The van der Waals surface area contributed by atoms with Crippen LogP contribution in [-0.4, -0.2) is 18.8 Å². The lowest BCUT2D eigenvalue weighted by atomic mass is 9.70. The third-order valence-electron chi connectivity index (χ3n) is 4.93. The van der Waals surface area contributed by atoms with Crippen LogP contribution in [0.25, 0.3) is 0 Å². The van der Waals surface area contributed by atoms with Crippen molar-refractivity contribution >= 4 is 0 Å². The molecule has 0 aliphatic heterocycles. The Labute approximate surface area is 136 Å². The highest BCUT2D eigenvalue weighted by Crippen LogP contribution is 2.45. The fourth-order valence-corrected chi connectivity index (χ4v) is 3.79. The molecule has 1 unspecified atom stereocenters. The average Bonchev–Trinajstić information content (AvgIpc) is 2.59. The van der Waals surface area contributed by atoms with Gasteiger partial charge in [-0.25, -0.2) is 4.39 Å². The highest BCUT2D eigenvalue weighted by atomic mass is 19.1. The van der Waals surface area contributed by atoms with Crippen molar-refractivity contribution in [1.82, 2.24) is 0 Å². The van der Waals surface area contributed by atoms with E-state index in [1.165, 1.54) is 16.7 Å². The molecule has 0 saturated carbocycles. The number of aryl methyl sites for hydroxylation is 1. The van der Waals surface area contributed by atoms with E-state index in [0.717, 1.165) is 31.4 Å². The van der Waals surface area contributed by atoms with E-state index in [0.29, 0.717) is 11.8 Å². The number of hydrogen-bond acceptors (Lipinski definition) is 2. The van der Waals surface area contributed by atoms with Crippen molar-refractivity contribution in [3.63, 3.8) is 0 Å². The summed E-state index contributed by atoms with van der Waals surface area (Å²) in [6.07, 6.45) is 3.78. The lowest BCUT2D eigenvalue weighted by molar-refractivity contribution is 0.273. The van der Waals surface area contributed by atoms with Gasteiger partial charge in [0.15, 0.2) is 0 Å². The summed E-state index contributed by atoms with van der Waals surface area (Å²) in [7, 11) is 1.69. The van der Waals surface area contributed by atoms with Crippen LogP contribution in [0.1, 0.15) is 47.8 Å². The van der Waals surface area contributed by atoms with Crippen molar-refractivity contribution in [3.05, 3.63) is 65.0 Å². The zero-order valence-electron chi connectivity index (χ0n) is 13.5. The molecule has 0 saturated heterocycles. The number of fused-ring (bicyclic) bond motifs is 1. The van der Waals surface area contributed by atoms with Gasteiger partial charge in [-0.2, -0.15) is 0 Å². The van der Waals surface area contributed by atoms with Crippen molar-refractivity contribution in [2.24, 2.45) is 0 Å². The van der Waals surface area contributed by atoms with Gasteiger partial charge in [0, 0.05) is 6.61 Å². The van der Waals surface area contributed by atoms with Gasteiger partial charge in [0.2, 0.25) is 0 Å². The topological polar surface area (TPSA) is 29.5 Å². The average molecular weight is 314 g/mol. The third kappa shape index (κ3) is 3.40. The minimum absolute atomic E-state index is 0.193. The second-order valence-corrected chi connectivity index (χ2v) is 6.23. The standard InChI is InChI=1S/C20H23FO2/c1-23-17-9-11-19-15(13-17)6-10-18(20(19)3-2-12-22)14-4-7-16(21)8-5-14/h4-5,7-9,11,13,18,20,22H,2-3,6,10,12H2,1H3/t18-,20?/m0/s1. The zero-order valence-corrected chi connectivity index (χ0v) is 13.5. The van der Waals surface area contributed by atoms with E-state index >= 15 is 0 Å². The molecule has 0 aromatic heterocycles. The predicted octanol–water partition coefficient (Wildman–Crippen LogP) is 4.42. The van der Waals surface area contributed by atoms with Gasteiger partial charge in [-0.15, -0.1) is 0 Å². The summed E-state index contributed by atoms with van der Waals surface area (Å²) < 4.78 is 18.6. The summed E-state index contributed by atoms with van der Waals surface area (Å²) in [4.78, 5) is 0. The van der Waals surface area contributed by atoms with Gasteiger partial charge in [-0.1, -0.05) is 18.2 Å². The van der Waals surface area contributed by atoms with E-state index in [-0.39, 0.29) is 12.4 Å². The molecule has 0 bridgehead atoms. The molecule has 2 atom stereocenters. The van der Waals surface area contributed by atoms with E-state index in [2.05, 4.69) is 12.1 Å². The van der Waals surface area contributed by atoms with Crippen LogP contribution >= 0.6 is 0 Å². The molecule has 1 N–H and O–H groups in total.